The Kier molecular flexibility index (Phi) is 8.60. The van der Waals surface area contributed by atoms with Crippen molar-refractivity contribution in [1.29, 1.82) is 0 Å². The number of nitrogens with two attached hydrogens (primary N) is 1. The molecule has 4 heteroatoms. The van der Waals surface area contributed by atoms with Crippen LogP contribution in [0.15, 0.2) is 24.3 Å². The van der Waals surface area contributed by atoms with E-state index in [9.17, 15) is 4.79 Å². The quantitative estimate of drug-likeness (QED) is 0.656. The van der Waals surface area contributed by atoms with Crippen LogP contribution in [-0.4, -0.2) is 24.2 Å². The van der Waals surface area contributed by atoms with Crippen LogP contribution in [0.25, 0.3) is 0 Å². The minimum Gasteiger partial charge on any atom is -0.494 e. The van der Waals surface area contributed by atoms with Crippen LogP contribution < -0.4 is 10.5 Å². The van der Waals surface area contributed by atoms with E-state index in [2.05, 4.69) is 19.1 Å². The van der Waals surface area contributed by atoms with E-state index in [1.54, 1.807) is 0 Å². The lowest BCUT2D eigenvalue weighted by atomic mass is 9.88. The van der Waals surface area contributed by atoms with Gasteiger partial charge in [0.25, 0.3) is 0 Å². The maximum atomic E-state index is 11.1. The molecule has 0 aliphatic rings. The highest BCUT2D eigenvalue weighted by Gasteiger charge is 2.20. The summed E-state index contributed by atoms with van der Waals surface area (Å²) < 4.78 is 5.43. The SMILES string of the molecule is CCOc1ccc(CCCC(CC)CC(CN)C(=O)O)cc1. The Morgan fingerprint density at radius 3 is 2.45 bits per heavy atom. The number of hydrogen-bond acceptors (Lipinski definition) is 3. The smallest absolute Gasteiger partial charge is 0.307 e. The number of carboxylic acid groups (broad SMARTS) is 1. The van der Waals surface area contributed by atoms with Crippen molar-refractivity contribution in [2.75, 3.05) is 13.2 Å². The van der Waals surface area contributed by atoms with Gasteiger partial charge in [0, 0.05) is 6.54 Å². The van der Waals surface area contributed by atoms with Gasteiger partial charge in [-0.2, -0.15) is 0 Å². The molecule has 0 aliphatic heterocycles. The summed E-state index contributed by atoms with van der Waals surface area (Å²) in [5.41, 5.74) is 6.84. The Balaban J connectivity index is 2.38. The molecule has 1 aromatic carbocycles. The highest BCUT2D eigenvalue weighted by Crippen LogP contribution is 2.22. The average molecular weight is 307 g/mol. The average Bonchev–Trinajstić information content (AvgIpc) is 2.52. The number of carbonyl (C=O) groups is 1. The largest absolute Gasteiger partial charge is 0.494 e. The molecule has 0 saturated heterocycles. The van der Waals surface area contributed by atoms with Crippen molar-refractivity contribution >= 4 is 5.97 Å². The maximum absolute atomic E-state index is 11.1. The van der Waals surface area contributed by atoms with Crippen LogP contribution in [-0.2, 0) is 11.2 Å². The van der Waals surface area contributed by atoms with Gasteiger partial charge in [0.05, 0.1) is 12.5 Å². The van der Waals surface area contributed by atoms with E-state index < -0.39 is 11.9 Å². The van der Waals surface area contributed by atoms with Gasteiger partial charge < -0.3 is 15.6 Å². The van der Waals surface area contributed by atoms with E-state index in [0.29, 0.717) is 18.9 Å². The summed E-state index contributed by atoms with van der Waals surface area (Å²) >= 11 is 0. The van der Waals surface area contributed by atoms with Crippen molar-refractivity contribution in [2.45, 2.75) is 46.0 Å². The van der Waals surface area contributed by atoms with Crippen molar-refractivity contribution in [1.82, 2.24) is 0 Å². The summed E-state index contributed by atoms with van der Waals surface area (Å²) in [7, 11) is 0. The van der Waals surface area contributed by atoms with Gasteiger partial charge in [-0.1, -0.05) is 31.9 Å². The Morgan fingerprint density at radius 1 is 1.27 bits per heavy atom. The number of aryl methyl sites for hydroxylation is 1. The van der Waals surface area contributed by atoms with Gasteiger partial charge >= 0.3 is 5.97 Å². The zero-order valence-corrected chi connectivity index (χ0v) is 13.8. The second kappa shape index (κ2) is 10.2. The summed E-state index contributed by atoms with van der Waals surface area (Å²) in [6, 6.07) is 8.22. The fourth-order valence-corrected chi connectivity index (χ4v) is 2.70. The van der Waals surface area contributed by atoms with Crippen LogP contribution in [0, 0.1) is 11.8 Å². The highest BCUT2D eigenvalue weighted by atomic mass is 16.5. The first-order valence-electron chi connectivity index (χ1n) is 8.25. The molecule has 22 heavy (non-hydrogen) atoms. The molecule has 0 fully saturated rings. The molecule has 124 valence electrons. The van der Waals surface area contributed by atoms with Gasteiger partial charge in [0.1, 0.15) is 5.75 Å². The van der Waals surface area contributed by atoms with E-state index in [1.807, 2.05) is 19.1 Å². The van der Waals surface area contributed by atoms with E-state index >= 15 is 0 Å². The van der Waals surface area contributed by atoms with E-state index in [0.717, 1.165) is 31.4 Å². The predicted molar refractivity (Wildman–Crippen MR) is 89.1 cm³/mol. The van der Waals surface area contributed by atoms with Crippen molar-refractivity contribution in [2.24, 2.45) is 17.6 Å². The van der Waals surface area contributed by atoms with Crippen molar-refractivity contribution < 1.29 is 14.6 Å². The monoisotopic (exact) mass is 307 g/mol. The molecule has 2 unspecified atom stereocenters. The van der Waals surface area contributed by atoms with E-state index in [4.69, 9.17) is 15.6 Å². The Labute approximate surface area is 133 Å². The number of carboxylic acids is 1. The van der Waals surface area contributed by atoms with Crippen LogP contribution >= 0.6 is 0 Å². The molecule has 3 N–H and O–H groups in total. The second-order valence-corrected chi connectivity index (χ2v) is 5.75. The summed E-state index contributed by atoms with van der Waals surface area (Å²) in [6.45, 7) is 5.01. The van der Waals surface area contributed by atoms with Crippen LogP contribution in [0.5, 0.6) is 5.75 Å². The fraction of sp³-hybridized carbons (Fsp3) is 0.611. The molecule has 2 atom stereocenters. The van der Waals surface area contributed by atoms with Crippen LogP contribution in [0.2, 0.25) is 0 Å². The van der Waals surface area contributed by atoms with Crippen molar-refractivity contribution in [3.63, 3.8) is 0 Å². The lowest BCUT2D eigenvalue weighted by molar-refractivity contribution is -0.142. The first kappa shape index (κ1) is 18.5. The fourth-order valence-electron chi connectivity index (χ4n) is 2.70. The molecule has 0 radical (unpaired) electrons. The molecule has 1 rings (SSSR count). The molecular formula is C18H29NO3. The lowest BCUT2D eigenvalue weighted by Crippen LogP contribution is -2.25. The lowest BCUT2D eigenvalue weighted by Gasteiger charge is -2.18. The number of ether oxygens (including phenoxy) is 1. The molecule has 0 amide bonds. The second-order valence-electron chi connectivity index (χ2n) is 5.75. The maximum Gasteiger partial charge on any atom is 0.307 e. The molecule has 0 saturated carbocycles. The molecular weight excluding hydrogens is 278 g/mol. The van der Waals surface area contributed by atoms with Gasteiger partial charge in [-0.05, 0) is 49.8 Å². The molecule has 1 aromatic rings. The van der Waals surface area contributed by atoms with Gasteiger partial charge in [0.2, 0.25) is 0 Å². The number of benzene rings is 1. The van der Waals surface area contributed by atoms with Crippen molar-refractivity contribution in [3.8, 4) is 5.75 Å². The first-order chi connectivity index (χ1) is 10.6. The normalized spacial score (nSPS) is 13.6. The van der Waals surface area contributed by atoms with E-state index in [1.165, 1.54) is 5.56 Å². The third kappa shape index (κ3) is 6.48. The van der Waals surface area contributed by atoms with Gasteiger partial charge in [-0.15, -0.1) is 0 Å². The Hall–Kier alpha value is -1.55. The van der Waals surface area contributed by atoms with Crippen molar-refractivity contribution in [3.05, 3.63) is 29.8 Å². The Bertz CT molecular complexity index is 430. The van der Waals surface area contributed by atoms with Crippen LogP contribution in [0.3, 0.4) is 0 Å². The molecule has 4 nitrogen and oxygen atoms in total. The number of rotatable bonds is 11. The summed E-state index contributed by atoms with van der Waals surface area (Å²) in [5, 5.41) is 9.10. The van der Waals surface area contributed by atoms with Gasteiger partial charge in [0.15, 0.2) is 0 Å². The molecule has 0 heterocycles. The molecule has 0 bridgehead atoms. The van der Waals surface area contributed by atoms with Crippen LogP contribution in [0.1, 0.15) is 45.1 Å². The standard InChI is InChI=1S/C18H29NO3/c1-3-14(12-16(13-19)18(20)21)6-5-7-15-8-10-17(11-9-15)22-4-2/h8-11,14,16H,3-7,12-13,19H2,1-2H3,(H,20,21). The topological polar surface area (TPSA) is 72.5 Å². The summed E-state index contributed by atoms with van der Waals surface area (Å²) in [4.78, 5) is 11.1. The third-order valence-electron chi connectivity index (χ3n) is 4.14. The number of hydrogen-bond donors (Lipinski definition) is 2. The zero-order valence-electron chi connectivity index (χ0n) is 13.8. The minimum absolute atomic E-state index is 0.227. The summed E-state index contributed by atoms with van der Waals surface area (Å²) in [5.74, 6) is 0.167. The predicted octanol–water partition coefficient (Wildman–Crippen LogP) is 3.48. The first-order valence-corrected chi connectivity index (χ1v) is 8.25. The van der Waals surface area contributed by atoms with Gasteiger partial charge in [-0.25, -0.2) is 0 Å². The Morgan fingerprint density at radius 2 is 1.95 bits per heavy atom. The number of aliphatic carboxylic acids is 1. The minimum atomic E-state index is -0.771. The summed E-state index contributed by atoms with van der Waals surface area (Å²) in [6.07, 6.45) is 4.83. The van der Waals surface area contributed by atoms with E-state index in [-0.39, 0.29) is 6.54 Å². The molecule has 0 spiro atoms. The molecule has 0 aliphatic carbocycles. The zero-order chi connectivity index (χ0) is 16.4. The highest BCUT2D eigenvalue weighted by molar-refractivity contribution is 5.70. The van der Waals surface area contributed by atoms with Crippen LogP contribution in [0.4, 0.5) is 0 Å². The third-order valence-corrected chi connectivity index (χ3v) is 4.14. The molecule has 0 aromatic heterocycles. The van der Waals surface area contributed by atoms with Gasteiger partial charge in [-0.3, -0.25) is 4.79 Å².